The summed E-state index contributed by atoms with van der Waals surface area (Å²) >= 11 is 5.88. The van der Waals surface area contributed by atoms with Gasteiger partial charge in [0.1, 0.15) is 11.4 Å². The third-order valence-corrected chi connectivity index (χ3v) is 5.01. The van der Waals surface area contributed by atoms with Gasteiger partial charge in [-0.2, -0.15) is 0 Å². The number of aromatic nitrogens is 1. The van der Waals surface area contributed by atoms with E-state index in [2.05, 4.69) is 5.32 Å². The summed E-state index contributed by atoms with van der Waals surface area (Å²) in [7, 11) is 1.54. The molecule has 7 nitrogen and oxygen atoms in total. The zero-order valence-corrected chi connectivity index (χ0v) is 19.8. The molecule has 2 rings (SSSR count). The lowest BCUT2D eigenvalue weighted by Gasteiger charge is -2.31. The quantitative estimate of drug-likeness (QED) is 0.693. The highest BCUT2D eigenvalue weighted by molar-refractivity contribution is 6.30. The van der Waals surface area contributed by atoms with E-state index in [1.54, 1.807) is 50.1 Å². The number of halogens is 1. The molecule has 2 aromatic rings. The molecule has 1 N–H and O–H groups in total. The second-order valence-corrected chi connectivity index (χ2v) is 8.92. The number of hydrogen-bond acceptors (Lipinski definition) is 4. The van der Waals surface area contributed by atoms with E-state index in [9.17, 15) is 14.4 Å². The molecular formula is C23H30ClN3O4. The van der Waals surface area contributed by atoms with Gasteiger partial charge in [-0.3, -0.25) is 14.4 Å². The second-order valence-electron chi connectivity index (χ2n) is 8.48. The van der Waals surface area contributed by atoms with Gasteiger partial charge in [-0.1, -0.05) is 11.6 Å². The Morgan fingerprint density at radius 3 is 2.16 bits per heavy atom. The van der Waals surface area contributed by atoms with Gasteiger partial charge in [0.2, 0.25) is 0 Å². The molecule has 0 unspecified atom stereocenters. The minimum absolute atomic E-state index is 0.0126. The molecule has 2 amide bonds. The Morgan fingerprint density at radius 1 is 1.10 bits per heavy atom. The van der Waals surface area contributed by atoms with Crippen LogP contribution >= 0.6 is 11.6 Å². The summed E-state index contributed by atoms with van der Waals surface area (Å²) < 4.78 is 7.07. The van der Waals surface area contributed by atoms with Gasteiger partial charge in [-0.05, 0) is 71.9 Å². The van der Waals surface area contributed by atoms with Crippen LogP contribution in [0.2, 0.25) is 5.02 Å². The third-order valence-electron chi connectivity index (χ3n) is 4.76. The van der Waals surface area contributed by atoms with Gasteiger partial charge >= 0.3 is 0 Å². The van der Waals surface area contributed by atoms with E-state index in [0.29, 0.717) is 16.3 Å². The van der Waals surface area contributed by atoms with Gasteiger partial charge in [-0.25, -0.2) is 0 Å². The Bertz CT molecular complexity index is 1000. The monoisotopic (exact) mass is 447 g/mol. The first kappa shape index (κ1) is 24.5. The zero-order valence-electron chi connectivity index (χ0n) is 19.0. The minimum atomic E-state index is -1.28. The van der Waals surface area contributed by atoms with Crippen LogP contribution in [0.3, 0.4) is 0 Å². The number of amides is 2. The molecule has 0 aliphatic carbocycles. The molecule has 0 saturated heterocycles. The fraction of sp³-hybridized carbons (Fsp3) is 0.435. The lowest BCUT2D eigenvalue weighted by Crippen LogP contribution is -2.44. The van der Waals surface area contributed by atoms with Gasteiger partial charge in [-0.15, -0.1) is 0 Å². The van der Waals surface area contributed by atoms with E-state index in [4.69, 9.17) is 16.3 Å². The van der Waals surface area contributed by atoms with Crippen LogP contribution in [0.5, 0.6) is 5.75 Å². The fourth-order valence-corrected chi connectivity index (χ4v) is 3.38. The number of benzene rings is 1. The maximum Gasteiger partial charge on any atom is 0.274 e. The predicted octanol–water partition coefficient (Wildman–Crippen LogP) is 4.09. The van der Waals surface area contributed by atoms with Crippen molar-refractivity contribution in [3.05, 3.63) is 57.5 Å². The highest BCUT2D eigenvalue weighted by Crippen LogP contribution is 2.22. The molecule has 0 radical (unpaired) electrons. The van der Waals surface area contributed by atoms with E-state index in [0.717, 1.165) is 0 Å². The van der Waals surface area contributed by atoms with E-state index in [1.165, 1.54) is 16.8 Å². The van der Waals surface area contributed by atoms with Crippen molar-refractivity contribution in [2.24, 2.45) is 7.05 Å². The largest absolute Gasteiger partial charge is 0.478 e. The molecule has 1 heterocycles. The molecule has 168 valence electrons. The number of nitrogens with zero attached hydrogens (tertiary/aromatic N) is 2. The molecule has 8 heteroatoms. The Kier molecular flexibility index (Phi) is 7.54. The smallest absolute Gasteiger partial charge is 0.274 e. The number of nitrogens with one attached hydrogen (secondary N) is 1. The van der Waals surface area contributed by atoms with Crippen molar-refractivity contribution in [1.82, 2.24) is 9.47 Å². The van der Waals surface area contributed by atoms with Gasteiger partial charge in [0, 0.05) is 30.4 Å². The molecular weight excluding hydrogens is 418 g/mol. The molecule has 0 atom stereocenters. The van der Waals surface area contributed by atoms with Crippen LogP contribution in [0.1, 0.15) is 51.9 Å². The van der Waals surface area contributed by atoms with Gasteiger partial charge in [0.25, 0.3) is 17.4 Å². The third kappa shape index (κ3) is 5.88. The van der Waals surface area contributed by atoms with E-state index in [1.807, 2.05) is 27.7 Å². The summed E-state index contributed by atoms with van der Waals surface area (Å²) in [5, 5.41) is 3.17. The molecule has 0 bridgehead atoms. The number of carbonyl (C=O) groups is 2. The summed E-state index contributed by atoms with van der Waals surface area (Å²) in [6.07, 6.45) is 1.48. The van der Waals surface area contributed by atoms with Crippen LogP contribution in [-0.4, -0.2) is 39.0 Å². The van der Waals surface area contributed by atoms with Gasteiger partial charge < -0.3 is 19.5 Å². The van der Waals surface area contributed by atoms with Crippen molar-refractivity contribution in [1.29, 1.82) is 0 Å². The molecule has 1 aromatic carbocycles. The fourth-order valence-electron chi connectivity index (χ4n) is 3.25. The van der Waals surface area contributed by atoms with Crippen molar-refractivity contribution >= 4 is 29.1 Å². The number of anilines is 1. The number of hydrogen-bond donors (Lipinski definition) is 1. The van der Waals surface area contributed by atoms with Crippen LogP contribution in [0.25, 0.3) is 0 Å². The molecule has 0 aliphatic rings. The summed E-state index contributed by atoms with van der Waals surface area (Å²) in [6, 6.07) is 8.00. The average Bonchev–Trinajstić information content (AvgIpc) is 2.66. The summed E-state index contributed by atoms with van der Waals surface area (Å²) in [6.45, 7) is 10.9. The molecule has 0 saturated carbocycles. The first-order valence-electron chi connectivity index (χ1n) is 10.1. The number of rotatable bonds is 7. The van der Waals surface area contributed by atoms with Crippen LogP contribution in [0, 0.1) is 0 Å². The average molecular weight is 448 g/mol. The summed E-state index contributed by atoms with van der Waals surface area (Å²) in [4.78, 5) is 40.3. The van der Waals surface area contributed by atoms with E-state index >= 15 is 0 Å². The topological polar surface area (TPSA) is 80.6 Å². The zero-order chi connectivity index (χ0) is 23.5. The first-order chi connectivity index (χ1) is 14.3. The number of ether oxygens (including phenoxy) is 1. The predicted molar refractivity (Wildman–Crippen MR) is 123 cm³/mol. The number of pyridine rings is 1. The molecule has 0 spiro atoms. The van der Waals surface area contributed by atoms with E-state index in [-0.39, 0.29) is 23.7 Å². The first-order valence-corrected chi connectivity index (χ1v) is 10.5. The maximum absolute atomic E-state index is 13.1. The van der Waals surface area contributed by atoms with Crippen molar-refractivity contribution in [3.63, 3.8) is 0 Å². The summed E-state index contributed by atoms with van der Waals surface area (Å²) in [5.41, 5.74) is -1.37. The van der Waals surface area contributed by atoms with Crippen molar-refractivity contribution in [3.8, 4) is 5.75 Å². The lowest BCUT2D eigenvalue weighted by atomic mass is 10.1. The van der Waals surface area contributed by atoms with E-state index < -0.39 is 17.1 Å². The lowest BCUT2D eigenvalue weighted by molar-refractivity contribution is -0.128. The molecule has 0 aliphatic heterocycles. The highest BCUT2D eigenvalue weighted by Gasteiger charge is 2.31. The van der Waals surface area contributed by atoms with Gasteiger partial charge in [0.15, 0.2) is 5.60 Å². The molecule has 1 aromatic heterocycles. The number of carbonyl (C=O) groups excluding carboxylic acids is 2. The number of aryl methyl sites for hydroxylation is 1. The normalized spacial score (nSPS) is 11.5. The second kappa shape index (κ2) is 9.56. The van der Waals surface area contributed by atoms with Crippen molar-refractivity contribution in [2.75, 3.05) is 5.32 Å². The van der Waals surface area contributed by atoms with Gasteiger partial charge in [0.05, 0.1) is 5.56 Å². The maximum atomic E-state index is 13.1. The van der Waals surface area contributed by atoms with Crippen LogP contribution in [-0.2, 0) is 11.8 Å². The Hall–Kier alpha value is -2.80. The van der Waals surface area contributed by atoms with Crippen molar-refractivity contribution < 1.29 is 14.3 Å². The van der Waals surface area contributed by atoms with Crippen LogP contribution in [0.15, 0.2) is 41.3 Å². The van der Waals surface area contributed by atoms with Crippen LogP contribution in [0.4, 0.5) is 5.69 Å². The minimum Gasteiger partial charge on any atom is -0.478 e. The SMILES string of the molecule is CC(C)N(C(=O)c1cc(NC(=O)C(C)(C)Oc2ccc(Cl)cc2)c(=O)n(C)c1)C(C)C. The highest BCUT2D eigenvalue weighted by atomic mass is 35.5. The summed E-state index contributed by atoms with van der Waals surface area (Å²) in [5.74, 6) is -0.271. The van der Waals surface area contributed by atoms with Crippen LogP contribution < -0.4 is 15.6 Å². The Balaban J connectivity index is 2.31. The Morgan fingerprint density at radius 2 is 1.65 bits per heavy atom. The molecule has 31 heavy (non-hydrogen) atoms. The molecule has 0 fully saturated rings. The Labute approximate surface area is 188 Å². The van der Waals surface area contributed by atoms with Crippen molar-refractivity contribution in [2.45, 2.75) is 59.2 Å². The standard InChI is InChI=1S/C23H30ClN3O4/c1-14(2)27(15(3)4)20(28)16-12-19(21(29)26(7)13-16)25-22(30)23(5,6)31-18-10-8-17(24)9-11-18/h8-15H,1-7H3,(H,25,30).